The van der Waals surface area contributed by atoms with Crippen LogP contribution in [0.3, 0.4) is 0 Å². The van der Waals surface area contributed by atoms with Crippen LogP contribution in [0.5, 0.6) is 0 Å². The number of esters is 2. The first-order valence-electron chi connectivity index (χ1n) is 17.9. The summed E-state index contributed by atoms with van der Waals surface area (Å²) in [4.78, 5) is 25.5. The standard InChI is InChI=1S/C34H64O10S/c1-4-6-8-10-12-14-16-18-20-22-24-26-30(35)42-32-29(44-45(37,38)39)28-41-34(40-3)33(32)43-31(36)27-25-23-21-19-17-15-13-11-9-7-5-2/h29,32-34H,4-28H2,1-3H3,(H,37,38,39)/t29-,32+,33-,34-/m1/s1. The molecule has 0 amide bonds. The molecule has 10 nitrogen and oxygen atoms in total. The molecular weight excluding hydrogens is 600 g/mol. The third-order valence-corrected chi connectivity index (χ3v) is 8.86. The predicted molar refractivity (Wildman–Crippen MR) is 175 cm³/mol. The topological polar surface area (TPSA) is 135 Å². The number of carbonyl (C=O) groups is 2. The molecule has 266 valence electrons. The van der Waals surface area contributed by atoms with Gasteiger partial charge in [-0.15, -0.1) is 0 Å². The molecule has 0 aromatic rings. The lowest BCUT2D eigenvalue weighted by atomic mass is 10.0. The minimum Gasteiger partial charge on any atom is -0.455 e. The highest BCUT2D eigenvalue weighted by molar-refractivity contribution is 7.80. The van der Waals surface area contributed by atoms with Gasteiger partial charge in [0.2, 0.25) is 0 Å². The minimum atomic E-state index is -4.89. The summed E-state index contributed by atoms with van der Waals surface area (Å²) in [6, 6.07) is 0. The van der Waals surface area contributed by atoms with Crippen LogP contribution in [0.4, 0.5) is 0 Å². The largest absolute Gasteiger partial charge is 0.455 e. The molecule has 0 bridgehead atoms. The van der Waals surface area contributed by atoms with E-state index in [4.69, 9.17) is 23.1 Å². The summed E-state index contributed by atoms with van der Waals surface area (Å²) in [5.41, 5.74) is 0. The minimum absolute atomic E-state index is 0.129. The van der Waals surface area contributed by atoms with Gasteiger partial charge in [0, 0.05) is 20.0 Å². The smallest absolute Gasteiger partial charge is 0.397 e. The van der Waals surface area contributed by atoms with Crippen molar-refractivity contribution in [3.63, 3.8) is 0 Å². The van der Waals surface area contributed by atoms with Gasteiger partial charge in [0.15, 0.2) is 18.5 Å². The van der Waals surface area contributed by atoms with Crippen LogP contribution in [-0.2, 0) is 43.1 Å². The molecule has 11 heteroatoms. The van der Waals surface area contributed by atoms with Crippen LogP contribution in [-0.4, -0.2) is 63.2 Å². The van der Waals surface area contributed by atoms with Crippen molar-refractivity contribution in [3.05, 3.63) is 0 Å². The van der Waals surface area contributed by atoms with Gasteiger partial charge >= 0.3 is 22.3 Å². The van der Waals surface area contributed by atoms with Gasteiger partial charge in [-0.1, -0.05) is 142 Å². The number of hydrogen-bond donors (Lipinski definition) is 1. The SMILES string of the molecule is CCCCCCCCCCCCCC(=O)O[C@@H]1[C@@H](OC(=O)CCCCCCCCCCCCC)[C@H](OC)OC[C@H]1OS(=O)(=O)O. The summed E-state index contributed by atoms with van der Waals surface area (Å²) in [6.07, 6.45) is 20.4. The Balaban J connectivity index is 2.50. The highest BCUT2D eigenvalue weighted by atomic mass is 32.3. The zero-order valence-corrected chi connectivity index (χ0v) is 29.3. The summed E-state index contributed by atoms with van der Waals surface area (Å²) in [5, 5.41) is 0. The van der Waals surface area contributed by atoms with Crippen molar-refractivity contribution in [2.45, 2.75) is 193 Å². The second-order valence-corrected chi connectivity index (χ2v) is 13.5. The molecule has 1 saturated heterocycles. The Morgan fingerprint density at radius 1 is 0.622 bits per heavy atom. The number of hydrogen-bond acceptors (Lipinski definition) is 9. The Morgan fingerprint density at radius 3 is 1.33 bits per heavy atom. The first-order chi connectivity index (χ1) is 21.7. The molecule has 1 fully saturated rings. The maximum atomic E-state index is 12.8. The average molecular weight is 665 g/mol. The van der Waals surface area contributed by atoms with Crippen LogP contribution in [0.2, 0.25) is 0 Å². The highest BCUT2D eigenvalue weighted by Gasteiger charge is 2.48. The van der Waals surface area contributed by atoms with E-state index < -0.39 is 46.9 Å². The van der Waals surface area contributed by atoms with E-state index in [9.17, 15) is 22.6 Å². The van der Waals surface area contributed by atoms with E-state index in [1.165, 1.54) is 97.0 Å². The summed E-state index contributed by atoms with van der Waals surface area (Å²) in [6.45, 7) is 4.09. The van der Waals surface area contributed by atoms with E-state index in [2.05, 4.69) is 13.8 Å². The Bertz CT molecular complexity index is 850. The van der Waals surface area contributed by atoms with Crippen LogP contribution >= 0.6 is 0 Å². The molecule has 1 N–H and O–H groups in total. The van der Waals surface area contributed by atoms with Crippen LogP contribution in [0.25, 0.3) is 0 Å². The second kappa shape index (κ2) is 26.8. The van der Waals surface area contributed by atoms with Crippen LogP contribution in [0.1, 0.15) is 168 Å². The van der Waals surface area contributed by atoms with Crippen LogP contribution in [0.15, 0.2) is 0 Å². The van der Waals surface area contributed by atoms with Crippen LogP contribution < -0.4 is 0 Å². The van der Waals surface area contributed by atoms with Crippen molar-refractivity contribution >= 4 is 22.3 Å². The molecule has 1 aliphatic heterocycles. The van der Waals surface area contributed by atoms with Gasteiger partial charge in [-0.05, 0) is 12.8 Å². The van der Waals surface area contributed by atoms with Crippen molar-refractivity contribution in [1.29, 1.82) is 0 Å². The van der Waals surface area contributed by atoms with E-state index in [1.54, 1.807) is 0 Å². The molecular formula is C34H64O10S. The lowest BCUT2D eigenvalue weighted by Crippen LogP contribution is -2.58. The molecule has 0 radical (unpaired) electrons. The molecule has 0 aromatic heterocycles. The zero-order chi connectivity index (χ0) is 33.2. The van der Waals surface area contributed by atoms with Gasteiger partial charge in [-0.3, -0.25) is 14.1 Å². The number of carbonyl (C=O) groups excluding carboxylic acids is 2. The van der Waals surface area contributed by atoms with E-state index in [1.807, 2.05) is 0 Å². The summed E-state index contributed by atoms with van der Waals surface area (Å²) < 4.78 is 59.2. The fourth-order valence-corrected chi connectivity index (χ4v) is 6.22. The lowest BCUT2D eigenvalue weighted by molar-refractivity contribution is -0.269. The molecule has 0 saturated carbocycles. The molecule has 1 heterocycles. The van der Waals surface area contributed by atoms with Gasteiger partial charge in [0.25, 0.3) is 0 Å². The Hall–Kier alpha value is -1.27. The fourth-order valence-electron chi connectivity index (χ4n) is 5.74. The van der Waals surface area contributed by atoms with Gasteiger partial charge in [0.1, 0.15) is 6.10 Å². The Kier molecular flexibility index (Phi) is 24.8. The normalized spacial score (nSPS) is 20.3. The van der Waals surface area contributed by atoms with Gasteiger partial charge < -0.3 is 18.9 Å². The predicted octanol–water partition coefficient (Wildman–Crippen LogP) is 8.40. The van der Waals surface area contributed by atoms with Gasteiger partial charge in [-0.25, -0.2) is 4.18 Å². The lowest BCUT2D eigenvalue weighted by Gasteiger charge is -2.39. The first-order valence-corrected chi connectivity index (χ1v) is 19.3. The van der Waals surface area contributed by atoms with Crippen molar-refractivity contribution < 1.29 is 45.7 Å². The van der Waals surface area contributed by atoms with Gasteiger partial charge in [0.05, 0.1) is 6.61 Å². The molecule has 4 atom stereocenters. The quantitative estimate of drug-likeness (QED) is 0.0472. The molecule has 45 heavy (non-hydrogen) atoms. The molecule has 0 spiro atoms. The Morgan fingerprint density at radius 2 is 0.978 bits per heavy atom. The van der Waals surface area contributed by atoms with Crippen molar-refractivity contribution in [1.82, 2.24) is 0 Å². The third kappa shape index (κ3) is 22.0. The van der Waals surface area contributed by atoms with Gasteiger partial charge in [-0.2, -0.15) is 8.42 Å². The summed E-state index contributed by atoms with van der Waals surface area (Å²) in [5.74, 6) is -1.09. The summed E-state index contributed by atoms with van der Waals surface area (Å²) in [7, 11) is -3.54. The number of rotatable bonds is 29. The first kappa shape index (κ1) is 41.8. The Labute approximate surface area is 274 Å². The van der Waals surface area contributed by atoms with Crippen molar-refractivity contribution in [2.75, 3.05) is 13.7 Å². The maximum Gasteiger partial charge on any atom is 0.397 e. The molecule has 1 rings (SSSR count). The number of ether oxygens (including phenoxy) is 4. The van der Waals surface area contributed by atoms with E-state index in [-0.39, 0.29) is 19.4 Å². The molecule has 1 aliphatic rings. The van der Waals surface area contributed by atoms with Crippen molar-refractivity contribution in [3.8, 4) is 0 Å². The highest BCUT2D eigenvalue weighted by Crippen LogP contribution is 2.27. The monoisotopic (exact) mass is 664 g/mol. The molecule has 0 unspecified atom stereocenters. The van der Waals surface area contributed by atoms with Crippen molar-refractivity contribution in [2.24, 2.45) is 0 Å². The number of unbranched alkanes of at least 4 members (excludes halogenated alkanes) is 20. The van der Waals surface area contributed by atoms with E-state index in [0.717, 1.165) is 38.5 Å². The average Bonchev–Trinajstić information content (AvgIpc) is 2.99. The maximum absolute atomic E-state index is 12.8. The zero-order valence-electron chi connectivity index (χ0n) is 28.5. The molecule has 0 aromatic carbocycles. The van der Waals surface area contributed by atoms with E-state index in [0.29, 0.717) is 12.8 Å². The summed E-state index contributed by atoms with van der Waals surface area (Å²) >= 11 is 0. The number of methoxy groups -OCH3 is 1. The van der Waals surface area contributed by atoms with Crippen LogP contribution in [0, 0.1) is 0 Å². The molecule has 0 aliphatic carbocycles. The third-order valence-electron chi connectivity index (χ3n) is 8.36. The second-order valence-electron chi connectivity index (χ2n) is 12.5. The fraction of sp³-hybridized carbons (Fsp3) is 0.941. The van der Waals surface area contributed by atoms with E-state index >= 15 is 0 Å².